The fourth-order valence-corrected chi connectivity index (χ4v) is 1.92. The standard InChI is InChI=1S/C15H23NO2/c1-11-5-6-14(9-12(11)2)7-8-16(4)10-13(3)15(17)18/h5-6,9,13H,7-8,10H2,1-4H3,(H,17,18). The third kappa shape index (κ3) is 4.49. The normalized spacial score (nSPS) is 12.7. The number of likely N-dealkylation sites (N-methyl/N-ethyl adjacent to an activating group) is 1. The number of rotatable bonds is 6. The first-order valence-corrected chi connectivity index (χ1v) is 6.37. The fourth-order valence-electron chi connectivity index (χ4n) is 1.92. The van der Waals surface area contributed by atoms with Crippen LogP contribution >= 0.6 is 0 Å². The van der Waals surface area contributed by atoms with Crippen LogP contribution in [0.1, 0.15) is 23.6 Å². The van der Waals surface area contributed by atoms with Gasteiger partial charge in [-0.1, -0.05) is 25.1 Å². The van der Waals surface area contributed by atoms with Crippen molar-refractivity contribution in [2.45, 2.75) is 27.2 Å². The Morgan fingerprint density at radius 2 is 2.00 bits per heavy atom. The molecule has 1 aromatic carbocycles. The van der Waals surface area contributed by atoms with Crippen LogP contribution in [0.2, 0.25) is 0 Å². The van der Waals surface area contributed by atoms with Crippen molar-refractivity contribution in [3.05, 3.63) is 34.9 Å². The van der Waals surface area contributed by atoms with Gasteiger partial charge in [0.1, 0.15) is 0 Å². The van der Waals surface area contributed by atoms with Crippen molar-refractivity contribution in [1.29, 1.82) is 0 Å². The van der Waals surface area contributed by atoms with Crippen LogP contribution in [0.3, 0.4) is 0 Å². The molecule has 3 nitrogen and oxygen atoms in total. The largest absolute Gasteiger partial charge is 0.481 e. The number of aryl methyl sites for hydroxylation is 2. The van der Waals surface area contributed by atoms with E-state index in [1.165, 1.54) is 16.7 Å². The van der Waals surface area contributed by atoms with Gasteiger partial charge in [-0.3, -0.25) is 4.79 Å². The topological polar surface area (TPSA) is 40.5 Å². The maximum absolute atomic E-state index is 10.8. The second-order valence-corrected chi connectivity index (χ2v) is 5.17. The number of hydrogen-bond donors (Lipinski definition) is 1. The van der Waals surface area contributed by atoms with Crippen molar-refractivity contribution in [1.82, 2.24) is 4.90 Å². The van der Waals surface area contributed by atoms with Gasteiger partial charge in [-0.2, -0.15) is 0 Å². The number of nitrogens with zero attached hydrogens (tertiary/aromatic N) is 1. The molecule has 100 valence electrons. The zero-order chi connectivity index (χ0) is 13.7. The van der Waals surface area contributed by atoms with E-state index in [-0.39, 0.29) is 5.92 Å². The highest BCUT2D eigenvalue weighted by molar-refractivity contribution is 5.69. The highest BCUT2D eigenvalue weighted by Gasteiger charge is 2.13. The van der Waals surface area contributed by atoms with E-state index in [0.29, 0.717) is 6.54 Å². The van der Waals surface area contributed by atoms with E-state index in [1.807, 2.05) is 7.05 Å². The smallest absolute Gasteiger partial charge is 0.307 e. The second kappa shape index (κ2) is 6.55. The van der Waals surface area contributed by atoms with E-state index >= 15 is 0 Å². The average molecular weight is 249 g/mol. The third-order valence-electron chi connectivity index (χ3n) is 3.36. The minimum absolute atomic E-state index is 0.310. The van der Waals surface area contributed by atoms with Crippen molar-refractivity contribution >= 4 is 5.97 Å². The van der Waals surface area contributed by atoms with Crippen LogP contribution in [0.4, 0.5) is 0 Å². The van der Waals surface area contributed by atoms with Crippen LogP contribution in [-0.4, -0.2) is 36.1 Å². The van der Waals surface area contributed by atoms with Crippen molar-refractivity contribution in [2.75, 3.05) is 20.1 Å². The van der Waals surface area contributed by atoms with Crippen molar-refractivity contribution < 1.29 is 9.90 Å². The molecule has 0 fully saturated rings. The van der Waals surface area contributed by atoms with E-state index in [4.69, 9.17) is 5.11 Å². The Balaban J connectivity index is 2.44. The Morgan fingerprint density at radius 3 is 2.56 bits per heavy atom. The average Bonchev–Trinajstić information content (AvgIpc) is 2.30. The molecule has 3 heteroatoms. The quantitative estimate of drug-likeness (QED) is 0.842. The summed E-state index contributed by atoms with van der Waals surface area (Å²) in [6.07, 6.45) is 0.962. The molecule has 0 saturated carbocycles. The van der Waals surface area contributed by atoms with Gasteiger partial charge >= 0.3 is 5.97 Å². The van der Waals surface area contributed by atoms with Gasteiger partial charge in [0.2, 0.25) is 0 Å². The van der Waals surface area contributed by atoms with Gasteiger partial charge in [0.25, 0.3) is 0 Å². The van der Waals surface area contributed by atoms with Gasteiger partial charge in [-0.05, 0) is 44.0 Å². The first-order chi connectivity index (χ1) is 8.40. The molecule has 0 aliphatic carbocycles. The van der Waals surface area contributed by atoms with Gasteiger partial charge in [0.15, 0.2) is 0 Å². The second-order valence-electron chi connectivity index (χ2n) is 5.17. The van der Waals surface area contributed by atoms with Crippen LogP contribution in [0.5, 0.6) is 0 Å². The van der Waals surface area contributed by atoms with Gasteiger partial charge in [-0.25, -0.2) is 0 Å². The minimum atomic E-state index is -0.729. The molecule has 0 spiro atoms. The van der Waals surface area contributed by atoms with Gasteiger partial charge < -0.3 is 10.0 Å². The molecule has 1 N–H and O–H groups in total. The summed E-state index contributed by atoms with van der Waals surface area (Å²) in [4.78, 5) is 12.8. The van der Waals surface area contributed by atoms with Gasteiger partial charge in [-0.15, -0.1) is 0 Å². The highest BCUT2D eigenvalue weighted by Crippen LogP contribution is 2.11. The number of carboxylic acid groups (broad SMARTS) is 1. The number of carboxylic acids is 1. The number of benzene rings is 1. The Kier molecular flexibility index (Phi) is 5.35. The number of aliphatic carboxylic acids is 1. The lowest BCUT2D eigenvalue weighted by molar-refractivity contribution is -0.141. The summed E-state index contributed by atoms with van der Waals surface area (Å²) >= 11 is 0. The summed E-state index contributed by atoms with van der Waals surface area (Å²) < 4.78 is 0. The lowest BCUT2D eigenvalue weighted by Crippen LogP contribution is -2.30. The summed E-state index contributed by atoms with van der Waals surface area (Å²) in [5.74, 6) is -1.04. The molecule has 1 rings (SSSR count). The van der Waals surface area contributed by atoms with Crippen LogP contribution < -0.4 is 0 Å². The molecule has 0 aliphatic heterocycles. The molecule has 0 aromatic heterocycles. The molecular formula is C15H23NO2. The summed E-state index contributed by atoms with van der Waals surface area (Å²) in [5.41, 5.74) is 3.94. The maximum Gasteiger partial charge on any atom is 0.307 e. The SMILES string of the molecule is Cc1ccc(CCN(C)CC(C)C(=O)O)cc1C. The summed E-state index contributed by atoms with van der Waals surface area (Å²) in [6, 6.07) is 6.51. The van der Waals surface area contributed by atoms with E-state index in [1.54, 1.807) is 6.92 Å². The fraction of sp³-hybridized carbons (Fsp3) is 0.533. The third-order valence-corrected chi connectivity index (χ3v) is 3.36. The predicted octanol–water partition coefficient (Wildman–Crippen LogP) is 2.50. The Labute approximate surface area is 109 Å². The molecule has 0 amide bonds. The molecule has 0 heterocycles. The number of hydrogen-bond acceptors (Lipinski definition) is 2. The zero-order valence-electron chi connectivity index (χ0n) is 11.7. The van der Waals surface area contributed by atoms with Gasteiger partial charge in [0.05, 0.1) is 5.92 Å². The lowest BCUT2D eigenvalue weighted by Gasteiger charge is -2.19. The Hall–Kier alpha value is -1.35. The lowest BCUT2D eigenvalue weighted by atomic mass is 10.0. The molecule has 0 saturated heterocycles. The molecular weight excluding hydrogens is 226 g/mol. The highest BCUT2D eigenvalue weighted by atomic mass is 16.4. The molecule has 18 heavy (non-hydrogen) atoms. The molecule has 0 bridgehead atoms. The molecule has 1 unspecified atom stereocenters. The van der Waals surface area contributed by atoms with E-state index < -0.39 is 5.97 Å². The van der Waals surface area contributed by atoms with Crippen molar-refractivity contribution in [3.63, 3.8) is 0 Å². The zero-order valence-corrected chi connectivity index (χ0v) is 11.7. The summed E-state index contributed by atoms with van der Waals surface area (Å²) in [5, 5.41) is 8.86. The number of carbonyl (C=O) groups is 1. The molecule has 0 radical (unpaired) electrons. The Morgan fingerprint density at radius 1 is 1.33 bits per heavy atom. The first kappa shape index (κ1) is 14.7. The summed E-state index contributed by atoms with van der Waals surface area (Å²) in [6.45, 7) is 7.46. The van der Waals surface area contributed by atoms with Gasteiger partial charge in [0, 0.05) is 13.1 Å². The molecule has 1 atom stereocenters. The first-order valence-electron chi connectivity index (χ1n) is 6.37. The van der Waals surface area contributed by atoms with Crippen LogP contribution in [0, 0.1) is 19.8 Å². The molecule has 0 aliphatic rings. The maximum atomic E-state index is 10.8. The summed E-state index contributed by atoms with van der Waals surface area (Å²) in [7, 11) is 1.97. The van der Waals surface area contributed by atoms with E-state index in [0.717, 1.165) is 13.0 Å². The van der Waals surface area contributed by atoms with Crippen LogP contribution in [0.25, 0.3) is 0 Å². The monoisotopic (exact) mass is 249 g/mol. The van der Waals surface area contributed by atoms with E-state index in [9.17, 15) is 4.79 Å². The van der Waals surface area contributed by atoms with Crippen molar-refractivity contribution in [3.8, 4) is 0 Å². The van der Waals surface area contributed by atoms with Crippen LogP contribution in [0.15, 0.2) is 18.2 Å². The Bertz CT molecular complexity index is 415. The van der Waals surface area contributed by atoms with E-state index in [2.05, 4.69) is 36.9 Å². The predicted molar refractivity (Wildman–Crippen MR) is 73.9 cm³/mol. The van der Waals surface area contributed by atoms with Crippen LogP contribution in [-0.2, 0) is 11.2 Å². The van der Waals surface area contributed by atoms with Crippen molar-refractivity contribution in [2.24, 2.45) is 5.92 Å². The molecule has 1 aromatic rings. The minimum Gasteiger partial charge on any atom is -0.481 e.